The van der Waals surface area contributed by atoms with Gasteiger partial charge in [-0.1, -0.05) is 35.3 Å². The summed E-state index contributed by atoms with van der Waals surface area (Å²) in [5.41, 5.74) is 1.13. The number of halogens is 2. The fraction of sp³-hybridized carbons (Fsp3) is 0.429. The number of para-hydroxylation sites is 2. The first-order valence-corrected chi connectivity index (χ1v) is 10.4. The van der Waals surface area contributed by atoms with Gasteiger partial charge in [-0.15, -0.1) is 0 Å². The molecule has 0 radical (unpaired) electrons. The summed E-state index contributed by atoms with van der Waals surface area (Å²) in [4.78, 5) is 4.84. The van der Waals surface area contributed by atoms with Crippen LogP contribution < -0.4 is 19.1 Å². The Bertz CT molecular complexity index is 790. The molecule has 0 unspecified atom stereocenters. The SMILES string of the molecule is Clc1cccc(Cl)c1OCCCN1CCN(c2cccc3c2OCCO3)CC1. The Morgan fingerprint density at radius 1 is 0.893 bits per heavy atom. The highest BCUT2D eigenvalue weighted by Crippen LogP contribution is 2.39. The summed E-state index contributed by atoms with van der Waals surface area (Å²) in [6.07, 6.45) is 0.930. The van der Waals surface area contributed by atoms with Crippen molar-refractivity contribution in [2.75, 3.05) is 57.4 Å². The van der Waals surface area contributed by atoms with Gasteiger partial charge in [0.2, 0.25) is 0 Å². The van der Waals surface area contributed by atoms with Crippen LogP contribution in [-0.2, 0) is 0 Å². The summed E-state index contributed by atoms with van der Waals surface area (Å²) in [5.74, 6) is 2.31. The lowest BCUT2D eigenvalue weighted by molar-refractivity contribution is 0.171. The molecule has 4 rings (SSSR count). The summed E-state index contributed by atoms with van der Waals surface area (Å²) >= 11 is 12.3. The van der Waals surface area contributed by atoms with Crippen LogP contribution in [0.3, 0.4) is 0 Å². The molecule has 1 saturated heterocycles. The third-order valence-electron chi connectivity index (χ3n) is 5.04. The van der Waals surface area contributed by atoms with Crippen LogP contribution in [0.25, 0.3) is 0 Å². The average molecular weight is 423 g/mol. The molecule has 0 atom stereocenters. The molecule has 5 nitrogen and oxygen atoms in total. The summed E-state index contributed by atoms with van der Waals surface area (Å²) in [6, 6.07) is 11.5. The molecule has 0 spiro atoms. The molecule has 0 bridgehead atoms. The first kappa shape index (κ1) is 19.5. The highest BCUT2D eigenvalue weighted by atomic mass is 35.5. The zero-order valence-electron chi connectivity index (χ0n) is 15.7. The van der Waals surface area contributed by atoms with Gasteiger partial charge in [0.1, 0.15) is 13.2 Å². The maximum atomic E-state index is 6.14. The van der Waals surface area contributed by atoms with Gasteiger partial charge in [-0.25, -0.2) is 0 Å². The van der Waals surface area contributed by atoms with E-state index in [1.54, 1.807) is 12.1 Å². The van der Waals surface area contributed by atoms with Gasteiger partial charge in [-0.2, -0.15) is 0 Å². The van der Waals surface area contributed by atoms with E-state index in [1.807, 2.05) is 18.2 Å². The molecule has 2 aromatic rings. The first-order valence-electron chi connectivity index (χ1n) is 9.65. The molecule has 0 saturated carbocycles. The van der Waals surface area contributed by atoms with Gasteiger partial charge in [-0.05, 0) is 30.7 Å². The Balaban J connectivity index is 1.24. The van der Waals surface area contributed by atoms with E-state index in [9.17, 15) is 0 Å². The summed E-state index contributed by atoms with van der Waals surface area (Å²) < 4.78 is 17.3. The maximum Gasteiger partial charge on any atom is 0.184 e. The minimum Gasteiger partial charge on any atom is -0.490 e. The molecule has 0 amide bonds. The molecule has 150 valence electrons. The zero-order chi connectivity index (χ0) is 19.3. The van der Waals surface area contributed by atoms with Crippen molar-refractivity contribution in [3.63, 3.8) is 0 Å². The number of rotatable bonds is 6. The predicted molar refractivity (Wildman–Crippen MR) is 113 cm³/mol. The molecule has 2 aliphatic rings. The Labute approximate surface area is 175 Å². The monoisotopic (exact) mass is 422 g/mol. The Morgan fingerprint density at radius 3 is 2.39 bits per heavy atom. The predicted octanol–water partition coefficient (Wildman–Crippen LogP) is 4.36. The van der Waals surface area contributed by atoms with Gasteiger partial charge in [0.25, 0.3) is 0 Å². The number of hydrogen-bond acceptors (Lipinski definition) is 5. The molecule has 0 N–H and O–H groups in total. The lowest BCUT2D eigenvalue weighted by Crippen LogP contribution is -2.47. The summed E-state index contributed by atoms with van der Waals surface area (Å²) in [5, 5.41) is 1.11. The van der Waals surface area contributed by atoms with E-state index in [2.05, 4.69) is 15.9 Å². The second-order valence-electron chi connectivity index (χ2n) is 6.88. The first-order chi connectivity index (χ1) is 13.7. The third kappa shape index (κ3) is 4.43. The Kier molecular flexibility index (Phi) is 6.35. The largest absolute Gasteiger partial charge is 0.490 e. The van der Waals surface area contributed by atoms with E-state index in [1.165, 1.54) is 0 Å². The van der Waals surface area contributed by atoms with Crippen LogP contribution in [-0.4, -0.2) is 57.4 Å². The van der Waals surface area contributed by atoms with Crippen molar-refractivity contribution in [1.82, 2.24) is 4.90 Å². The van der Waals surface area contributed by atoms with Crippen LogP contribution in [0.15, 0.2) is 36.4 Å². The second kappa shape index (κ2) is 9.12. The second-order valence-corrected chi connectivity index (χ2v) is 7.70. The Hall–Kier alpha value is -1.82. The number of anilines is 1. The molecule has 0 aliphatic carbocycles. The average Bonchev–Trinajstić information content (AvgIpc) is 2.73. The van der Waals surface area contributed by atoms with E-state index in [4.69, 9.17) is 37.4 Å². The lowest BCUT2D eigenvalue weighted by Gasteiger charge is -2.37. The molecule has 2 heterocycles. The van der Waals surface area contributed by atoms with Crippen molar-refractivity contribution >= 4 is 28.9 Å². The van der Waals surface area contributed by atoms with Gasteiger partial charge in [0, 0.05) is 32.7 Å². The van der Waals surface area contributed by atoms with Gasteiger partial charge in [0.05, 0.1) is 22.3 Å². The zero-order valence-corrected chi connectivity index (χ0v) is 17.2. The summed E-state index contributed by atoms with van der Waals surface area (Å²) in [6.45, 7) is 6.78. The van der Waals surface area contributed by atoms with Gasteiger partial charge >= 0.3 is 0 Å². The van der Waals surface area contributed by atoms with E-state index in [0.29, 0.717) is 35.6 Å². The minimum atomic E-state index is 0.554. The van der Waals surface area contributed by atoms with Crippen molar-refractivity contribution < 1.29 is 14.2 Å². The van der Waals surface area contributed by atoms with Crippen molar-refractivity contribution in [2.45, 2.75) is 6.42 Å². The van der Waals surface area contributed by atoms with Gasteiger partial charge in [0.15, 0.2) is 17.2 Å². The number of fused-ring (bicyclic) bond motifs is 1. The number of hydrogen-bond donors (Lipinski definition) is 0. The third-order valence-corrected chi connectivity index (χ3v) is 5.64. The highest BCUT2D eigenvalue weighted by Gasteiger charge is 2.23. The molecular weight excluding hydrogens is 399 g/mol. The molecule has 2 aromatic carbocycles. The maximum absolute atomic E-state index is 6.14. The number of nitrogens with zero attached hydrogens (tertiary/aromatic N) is 2. The van der Waals surface area contributed by atoms with Crippen LogP contribution in [0.2, 0.25) is 10.0 Å². The van der Waals surface area contributed by atoms with E-state index in [-0.39, 0.29) is 0 Å². The van der Waals surface area contributed by atoms with Crippen LogP contribution in [0, 0.1) is 0 Å². The number of piperazine rings is 1. The van der Waals surface area contributed by atoms with Gasteiger partial charge < -0.3 is 19.1 Å². The number of ether oxygens (including phenoxy) is 3. The van der Waals surface area contributed by atoms with Crippen LogP contribution in [0.4, 0.5) is 5.69 Å². The van der Waals surface area contributed by atoms with Crippen molar-refractivity contribution in [2.24, 2.45) is 0 Å². The molecule has 7 heteroatoms. The fourth-order valence-electron chi connectivity index (χ4n) is 3.60. The van der Waals surface area contributed by atoms with Crippen molar-refractivity contribution in [1.29, 1.82) is 0 Å². The Morgan fingerprint density at radius 2 is 1.61 bits per heavy atom. The minimum absolute atomic E-state index is 0.554. The molecule has 0 aromatic heterocycles. The molecule has 1 fully saturated rings. The fourth-order valence-corrected chi connectivity index (χ4v) is 4.11. The van der Waals surface area contributed by atoms with E-state index >= 15 is 0 Å². The van der Waals surface area contributed by atoms with Gasteiger partial charge in [-0.3, -0.25) is 4.90 Å². The molecule has 28 heavy (non-hydrogen) atoms. The molecular formula is C21H24Cl2N2O3. The normalized spacial score (nSPS) is 16.9. The quantitative estimate of drug-likeness (QED) is 0.646. The van der Waals surface area contributed by atoms with Crippen LogP contribution in [0.5, 0.6) is 17.2 Å². The van der Waals surface area contributed by atoms with Crippen molar-refractivity contribution in [3.8, 4) is 17.2 Å². The lowest BCUT2D eigenvalue weighted by atomic mass is 10.2. The van der Waals surface area contributed by atoms with Crippen molar-refractivity contribution in [3.05, 3.63) is 46.4 Å². The highest BCUT2D eigenvalue weighted by molar-refractivity contribution is 6.37. The molecule has 2 aliphatic heterocycles. The summed E-state index contributed by atoms with van der Waals surface area (Å²) in [7, 11) is 0. The van der Waals surface area contributed by atoms with E-state index < -0.39 is 0 Å². The standard InChI is InChI=1S/C21H24Cl2N2O3/c22-16-4-1-5-17(23)20(16)27-13-3-8-24-9-11-25(12-10-24)18-6-2-7-19-21(18)28-15-14-26-19/h1-2,4-7H,3,8-15H2. The van der Waals surface area contributed by atoms with Crippen LogP contribution in [0.1, 0.15) is 6.42 Å². The topological polar surface area (TPSA) is 34.2 Å². The smallest absolute Gasteiger partial charge is 0.184 e. The van der Waals surface area contributed by atoms with E-state index in [0.717, 1.165) is 56.3 Å². The van der Waals surface area contributed by atoms with Crippen LogP contribution >= 0.6 is 23.2 Å². The number of benzene rings is 2.